The molecule has 4 radical (unpaired) electrons. The van der Waals surface area contributed by atoms with Gasteiger partial charge < -0.3 is 41.6 Å². The van der Waals surface area contributed by atoms with E-state index in [0.29, 0.717) is 12.8 Å². The Morgan fingerprint density at radius 2 is 1.08 bits per heavy atom. The van der Waals surface area contributed by atoms with Crippen LogP contribution in [0.25, 0.3) is 0 Å². The predicted octanol–water partition coefficient (Wildman–Crippen LogP) is -3.86. The molecule has 2 heterocycles. The monoisotopic (exact) mass is 602 g/mol. The van der Waals surface area contributed by atoms with Gasteiger partial charge in [0, 0.05) is 68.3 Å². The molecule has 2 saturated heterocycles. The summed E-state index contributed by atoms with van der Waals surface area (Å²) in [5.41, 5.74) is 0. The van der Waals surface area contributed by atoms with Crippen molar-refractivity contribution in [1.82, 2.24) is 9.80 Å². The molecule has 2 aliphatic rings. The first-order valence-electron chi connectivity index (χ1n) is 6.22. The Bertz CT molecular complexity index is 256. The third-order valence-corrected chi connectivity index (χ3v) is 4.51. The summed E-state index contributed by atoms with van der Waals surface area (Å²) in [5, 5.41) is 34.4. The summed E-state index contributed by atoms with van der Waals surface area (Å²) >= 11 is 1.23. The Balaban J connectivity index is -0.0000000448. The maximum Gasteiger partial charge on any atom is 0.163 e. The summed E-state index contributed by atoms with van der Waals surface area (Å²) in [7, 11) is 4.07. The van der Waals surface area contributed by atoms with E-state index in [0.717, 1.165) is 20.1 Å². The standard InChI is InChI=1S/C6H12O4S.C5H12N2O.4Cu.3H2O/c7-5(8)3-1-2-4(11-3)6(9)10;1-6-3-7(2)5-8-4-6;;;;;;;/h3-10H,1-2H2;3-5H2,1-2H3;;;;;3*1H2. The summed E-state index contributed by atoms with van der Waals surface area (Å²) in [6.07, 6.45) is -1.43. The molecule has 26 heavy (non-hydrogen) atoms. The zero-order valence-corrected chi connectivity index (χ0v) is 18.6. The van der Waals surface area contributed by atoms with Crippen LogP contribution in [-0.4, -0.2) is 104 Å². The molecule has 0 aromatic rings. The molecule has 182 valence electrons. The van der Waals surface area contributed by atoms with Crippen LogP contribution in [0.2, 0.25) is 0 Å². The Hall–Kier alpha value is 2.03. The minimum atomic E-state index is -1.34. The molecule has 15 heteroatoms. The van der Waals surface area contributed by atoms with Crippen LogP contribution in [0.15, 0.2) is 0 Å². The van der Waals surface area contributed by atoms with Gasteiger partial charge in [-0.05, 0) is 26.9 Å². The minimum absolute atomic E-state index is 0. The third kappa shape index (κ3) is 19.3. The van der Waals surface area contributed by atoms with E-state index in [1.165, 1.54) is 11.8 Å². The number of aliphatic hydroxyl groups is 4. The van der Waals surface area contributed by atoms with Crippen molar-refractivity contribution in [3.05, 3.63) is 0 Å². The van der Waals surface area contributed by atoms with Gasteiger partial charge >= 0.3 is 0 Å². The fourth-order valence-electron chi connectivity index (χ4n) is 1.97. The van der Waals surface area contributed by atoms with Gasteiger partial charge in [0.05, 0.1) is 17.2 Å². The van der Waals surface area contributed by atoms with Gasteiger partial charge in [-0.2, -0.15) is 0 Å². The van der Waals surface area contributed by atoms with Crippen LogP contribution >= 0.6 is 11.8 Å². The fourth-order valence-corrected chi connectivity index (χ4v) is 3.25. The zero-order chi connectivity index (χ0) is 14.4. The average Bonchev–Trinajstić information content (AvgIpc) is 2.78. The summed E-state index contributed by atoms with van der Waals surface area (Å²) in [5.74, 6) is 0. The first-order chi connectivity index (χ1) is 8.90. The maximum atomic E-state index is 8.72. The molecule has 10 N–H and O–H groups in total. The van der Waals surface area contributed by atoms with Crippen molar-refractivity contribution in [1.29, 1.82) is 0 Å². The fraction of sp³-hybridized carbons (Fsp3) is 1.00. The van der Waals surface area contributed by atoms with E-state index in [1.807, 2.05) is 14.1 Å². The van der Waals surface area contributed by atoms with Gasteiger partial charge in [-0.25, -0.2) is 0 Å². The van der Waals surface area contributed by atoms with Crippen molar-refractivity contribution in [2.75, 3.05) is 34.2 Å². The molecule has 0 aliphatic carbocycles. The smallest absolute Gasteiger partial charge is 0.163 e. The van der Waals surface area contributed by atoms with Crippen molar-refractivity contribution in [3.8, 4) is 0 Å². The van der Waals surface area contributed by atoms with E-state index >= 15 is 0 Å². The predicted molar refractivity (Wildman–Crippen MR) is 82.9 cm³/mol. The van der Waals surface area contributed by atoms with Crippen LogP contribution in [0, 0.1) is 0 Å². The van der Waals surface area contributed by atoms with E-state index in [-0.39, 0.29) is 95.2 Å². The largest absolute Gasteiger partial charge is 0.412 e. The van der Waals surface area contributed by atoms with Gasteiger partial charge in [-0.15, -0.1) is 11.8 Å². The molecule has 2 fully saturated rings. The summed E-state index contributed by atoms with van der Waals surface area (Å²) in [4.78, 5) is 4.23. The number of nitrogens with zero attached hydrogens (tertiary/aromatic N) is 2. The summed E-state index contributed by atoms with van der Waals surface area (Å²) in [6.45, 7) is 2.55. The molecule has 0 spiro atoms. The Labute approximate surface area is 200 Å². The number of rotatable bonds is 2. The van der Waals surface area contributed by atoms with E-state index in [9.17, 15) is 0 Å². The number of hydrogen-bond donors (Lipinski definition) is 4. The van der Waals surface area contributed by atoms with Crippen molar-refractivity contribution in [2.45, 2.75) is 35.9 Å². The van der Waals surface area contributed by atoms with Gasteiger partial charge in [0.1, 0.15) is 13.5 Å². The molecule has 2 unspecified atom stereocenters. The normalized spacial score (nSPS) is 21.7. The Kier molecular flexibility index (Phi) is 44.6. The first kappa shape index (κ1) is 46.3. The first-order valence-corrected chi connectivity index (χ1v) is 7.17. The molecule has 0 aromatic heterocycles. The molecule has 0 bridgehead atoms. The van der Waals surface area contributed by atoms with Crippen molar-refractivity contribution >= 4 is 11.8 Å². The number of hydrogen-bond acceptors (Lipinski definition) is 8. The van der Waals surface area contributed by atoms with Gasteiger partial charge in [0.2, 0.25) is 0 Å². The van der Waals surface area contributed by atoms with Crippen molar-refractivity contribution < 1.29 is 110 Å². The van der Waals surface area contributed by atoms with E-state index in [4.69, 9.17) is 25.2 Å². The molecule has 0 aromatic carbocycles. The SMILES string of the molecule is CN1COCN(C)C1.O.O.O.OC(O)C1CCC(C(O)O)S1.[Cu].[Cu].[Cu].[Cu]. The van der Waals surface area contributed by atoms with Crippen LogP contribution in [0.5, 0.6) is 0 Å². The molecule has 0 saturated carbocycles. The van der Waals surface area contributed by atoms with Crippen molar-refractivity contribution in [2.24, 2.45) is 0 Å². The Morgan fingerprint density at radius 1 is 0.769 bits per heavy atom. The van der Waals surface area contributed by atoms with Crippen molar-refractivity contribution in [3.63, 3.8) is 0 Å². The van der Waals surface area contributed by atoms with Crippen LogP contribution in [0.1, 0.15) is 12.8 Å². The van der Waals surface area contributed by atoms with Crippen LogP contribution in [-0.2, 0) is 73.0 Å². The maximum absolute atomic E-state index is 8.72. The second-order valence-electron chi connectivity index (χ2n) is 4.93. The van der Waals surface area contributed by atoms with E-state index < -0.39 is 12.6 Å². The van der Waals surface area contributed by atoms with Gasteiger partial charge in [-0.3, -0.25) is 9.80 Å². The minimum Gasteiger partial charge on any atom is -0.412 e. The number of ether oxygens (including phenoxy) is 1. The van der Waals surface area contributed by atoms with Gasteiger partial charge in [-0.1, -0.05) is 0 Å². The molecule has 10 nitrogen and oxygen atoms in total. The molecule has 0 amide bonds. The summed E-state index contributed by atoms with van der Waals surface area (Å²) < 4.78 is 5.15. The van der Waals surface area contributed by atoms with Crippen LogP contribution in [0.3, 0.4) is 0 Å². The molecular formula is C11H30Cu4N2O8S. The van der Waals surface area contributed by atoms with Crippen LogP contribution < -0.4 is 0 Å². The Morgan fingerprint density at radius 3 is 1.23 bits per heavy atom. The van der Waals surface area contributed by atoms with Gasteiger partial charge in [0.15, 0.2) is 12.6 Å². The number of aliphatic hydroxyl groups excluding tert-OH is 2. The molecule has 2 atom stereocenters. The quantitative estimate of drug-likeness (QED) is 0.182. The van der Waals surface area contributed by atoms with E-state index in [2.05, 4.69) is 9.80 Å². The molecule has 2 rings (SSSR count). The number of thioether (sulfide) groups is 1. The second kappa shape index (κ2) is 25.1. The summed E-state index contributed by atoms with van der Waals surface area (Å²) in [6, 6.07) is 0. The zero-order valence-electron chi connectivity index (χ0n) is 14.1. The third-order valence-electron chi connectivity index (χ3n) is 2.86. The van der Waals surface area contributed by atoms with E-state index in [1.54, 1.807) is 0 Å². The average molecular weight is 605 g/mol. The van der Waals surface area contributed by atoms with Crippen LogP contribution in [0.4, 0.5) is 0 Å². The second-order valence-corrected chi connectivity index (χ2v) is 6.42. The topological polar surface area (TPSA) is 191 Å². The van der Waals surface area contributed by atoms with Gasteiger partial charge in [0.25, 0.3) is 0 Å². The molecular weight excluding hydrogens is 574 g/mol. The molecule has 2 aliphatic heterocycles.